The predicted molar refractivity (Wildman–Crippen MR) is 73.3 cm³/mol. The van der Waals surface area contributed by atoms with Crippen LogP contribution in [-0.2, 0) is 0 Å². The molecule has 0 aliphatic rings. The van der Waals surface area contributed by atoms with E-state index in [2.05, 4.69) is 10.1 Å². The van der Waals surface area contributed by atoms with Crippen LogP contribution in [0.5, 0.6) is 11.5 Å². The Kier molecular flexibility index (Phi) is 3.27. The van der Waals surface area contributed by atoms with Crippen LogP contribution in [0, 0.1) is 5.82 Å². The quantitative estimate of drug-likeness (QED) is 0.800. The lowest BCUT2D eigenvalue weighted by molar-refractivity contribution is 0.386. The number of hydrogen-bond acceptors (Lipinski definition) is 5. The zero-order valence-corrected chi connectivity index (χ0v) is 11.1. The molecular formula is C15H11FN2O3. The molecule has 21 heavy (non-hydrogen) atoms. The van der Waals surface area contributed by atoms with Crippen molar-refractivity contribution in [1.82, 2.24) is 10.1 Å². The summed E-state index contributed by atoms with van der Waals surface area (Å²) in [7, 11) is 1.38. The molecule has 0 bridgehead atoms. The number of rotatable bonds is 3. The van der Waals surface area contributed by atoms with Crippen molar-refractivity contribution in [2.24, 2.45) is 0 Å². The van der Waals surface area contributed by atoms with Gasteiger partial charge in [-0.2, -0.15) is 4.98 Å². The number of phenols is 1. The molecule has 0 radical (unpaired) electrons. The topological polar surface area (TPSA) is 68.4 Å². The Balaban J connectivity index is 1.98. The lowest BCUT2D eigenvalue weighted by Crippen LogP contribution is -1.89. The number of methoxy groups -OCH3 is 1. The molecule has 0 spiro atoms. The van der Waals surface area contributed by atoms with Crippen LogP contribution in [0.1, 0.15) is 0 Å². The van der Waals surface area contributed by atoms with Crippen molar-refractivity contribution in [3.8, 4) is 34.3 Å². The highest BCUT2D eigenvalue weighted by atomic mass is 19.1. The molecule has 0 saturated heterocycles. The second kappa shape index (κ2) is 5.24. The standard InChI is InChI=1S/C15H11FN2O3/c1-20-13-8-10(5-6-12(13)16)15-17-14(18-21-15)9-3-2-4-11(19)7-9/h2-8,19H,1H3. The van der Waals surface area contributed by atoms with E-state index in [1.54, 1.807) is 18.2 Å². The Morgan fingerprint density at radius 2 is 2.00 bits per heavy atom. The molecule has 0 aliphatic carbocycles. The minimum absolute atomic E-state index is 0.101. The lowest BCUT2D eigenvalue weighted by atomic mass is 10.2. The van der Waals surface area contributed by atoms with Gasteiger partial charge in [0, 0.05) is 11.1 Å². The molecular weight excluding hydrogens is 275 g/mol. The molecule has 3 aromatic rings. The molecule has 0 amide bonds. The maximum absolute atomic E-state index is 13.4. The van der Waals surface area contributed by atoms with Crippen LogP contribution in [0.3, 0.4) is 0 Å². The summed E-state index contributed by atoms with van der Waals surface area (Å²) in [5, 5.41) is 13.3. The third-order valence-corrected chi connectivity index (χ3v) is 2.93. The van der Waals surface area contributed by atoms with E-state index < -0.39 is 5.82 Å². The van der Waals surface area contributed by atoms with Crippen LogP contribution in [0.2, 0.25) is 0 Å². The first-order valence-corrected chi connectivity index (χ1v) is 6.14. The van der Waals surface area contributed by atoms with E-state index in [0.29, 0.717) is 17.0 Å². The minimum atomic E-state index is -0.464. The fourth-order valence-corrected chi connectivity index (χ4v) is 1.90. The van der Waals surface area contributed by atoms with Crippen molar-refractivity contribution in [2.75, 3.05) is 7.11 Å². The first kappa shape index (κ1) is 13.1. The molecule has 6 heteroatoms. The third-order valence-electron chi connectivity index (χ3n) is 2.93. The van der Waals surface area contributed by atoms with Gasteiger partial charge in [-0.15, -0.1) is 0 Å². The zero-order valence-electron chi connectivity index (χ0n) is 11.1. The van der Waals surface area contributed by atoms with E-state index >= 15 is 0 Å². The Labute approximate surface area is 119 Å². The van der Waals surface area contributed by atoms with Gasteiger partial charge in [0.2, 0.25) is 5.82 Å². The number of hydrogen-bond donors (Lipinski definition) is 1. The average Bonchev–Trinajstić information content (AvgIpc) is 2.97. The summed E-state index contributed by atoms with van der Waals surface area (Å²) in [6.07, 6.45) is 0. The van der Waals surface area contributed by atoms with Gasteiger partial charge in [-0.25, -0.2) is 4.39 Å². The maximum atomic E-state index is 13.4. The summed E-state index contributed by atoms with van der Waals surface area (Å²) < 4.78 is 23.5. The molecule has 106 valence electrons. The van der Waals surface area contributed by atoms with Crippen molar-refractivity contribution in [3.05, 3.63) is 48.3 Å². The Hall–Kier alpha value is -2.89. The first-order chi connectivity index (χ1) is 10.2. The molecule has 0 unspecified atom stereocenters. The summed E-state index contributed by atoms with van der Waals surface area (Å²) in [5.41, 5.74) is 1.17. The SMILES string of the molecule is COc1cc(-c2nc(-c3cccc(O)c3)no2)ccc1F. The van der Waals surface area contributed by atoms with Crippen molar-refractivity contribution < 1.29 is 18.8 Å². The van der Waals surface area contributed by atoms with Crippen molar-refractivity contribution in [1.29, 1.82) is 0 Å². The molecule has 2 aromatic carbocycles. The Morgan fingerprint density at radius 1 is 1.14 bits per heavy atom. The molecule has 1 heterocycles. The van der Waals surface area contributed by atoms with E-state index in [9.17, 15) is 9.50 Å². The van der Waals surface area contributed by atoms with Gasteiger partial charge >= 0.3 is 0 Å². The minimum Gasteiger partial charge on any atom is -0.508 e. The van der Waals surface area contributed by atoms with Gasteiger partial charge in [-0.1, -0.05) is 17.3 Å². The summed E-state index contributed by atoms with van der Waals surface area (Å²) in [4.78, 5) is 4.23. The molecule has 1 aromatic heterocycles. The van der Waals surface area contributed by atoms with Crippen molar-refractivity contribution in [3.63, 3.8) is 0 Å². The van der Waals surface area contributed by atoms with Crippen LogP contribution in [0.15, 0.2) is 47.0 Å². The number of phenolic OH excluding ortho intramolecular Hbond substituents is 1. The van der Waals surface area contributed by atoms with E-state index in [0.717, 1.165) is 0 Å². The van der Waals surface area contributed by atoms with Crippen LogP contribution >= 0.6 is 0 Å². The molecule has 1 N–H and O–H groups in total. The van der Waals surface area contributed by atoms with Gasteiger partial charge in [0.25, 0.3) is 5.89 Å². The van der Waals surface area contributed by atoms with E-state index in [1.165, 1.54) is 31.4 Å². The Morgan fingerprint density at radius 3 is 2.76 bits per heavy atom. The average molecular weight is 286 g/mol. The van der Waals surface area contributed by atoms with Gasteiger partial charge in [-0.3, -0.25) is 0 Å². The highest BCUT2D eigenvalue weighted by molar-refractivity contribution is 5.62. The predicted octanol–water partition coefficient (Wildman–Crippen LogP) is 3.26. The van der Waals surface area contributed by atoms with E-state index in [4.69, 9.17) is 9.26 Å². The monoisotopic (exact) mass is 286 g/mol. The van der Waals surface area contributed by atoms with E-state index in [-0.39, 0.29) is 17.4 Å². The van der Waals surface area contributed by atoms with Gasteiger partial charge in [0.1, 0.15) is 5.75 Å². The molecule has 3 rings (SSSR count). The number of aromatic hydroxyl groups is 1. The normalized spacial score (nSPS) is 10.6. The summed E-state index contributed by atoms with van der Waals surface area (Å²) in [6.45, 7) is 0. The fourth-order valence-electron chi connectivity index (χ4n) is 1.90. The van der Waals surface area contributed by atoms with Crippen LogP contribution in [0.4, 0.5) is 4.39 Å². The number of aromatic nitrogens is 2. The smallest absolute Gasteiger partial charge is 0.258 e. The Bertz CT molecular complexity index is 786. The van der Waals surface area contributed by atoms with Crippen LogP contribution in [0.25, 0.3) is 22.8 Å². The third kappa shape index (κ3) is 2.55. The number of ether oxygens (including phenoxy) is 1. The van der Waals surface area contributed by atoms with Crippen molar-refractivity contribution >= 4 is 0 Å². The first-order valence-electron chi connectivity index (χ1n) is 6.14. The van der Waals surface area contributed by atoms with Crippen molar-refractivity contribution in [2.45, 2.75) is 0 Å². The molecule has 0 aliphatic heterocycles. The van der Waals surface area contributed by atoms with Crippen LogP contribution in [-0.4, -0.2) is 22.4 Å². The second-order valence-corrected chi connectivity index (χ2v) is 4.32. The summed E-state index contributed by atoms with van der Waals surface area (Å²) in [5.74, 6) is 0.330. The van der Waals surface area contributed by atoms with Gasteiger partial charge in [0.15, 0.2) is 11.6 Å². The van der Waals surface area contributed by atoms with Gasteiger partial charge in [-0.05, 0) is 30.3 Å². The molecule has 0 fully saturated rings. The van der Waals surface area contributed by atoms with Gasteiger partial charge < -0.3 is 14.4 Å². The summed E-state index contributed by atoms with van der Waals surface area (Å²) >= 11 is 0. The van der Waals surface area contributed by atoms with Crippen LogP contribution < -0.4 is 4.74 Å². The highest BCUT2D eigenvalue weighted by Gasteiger charge is 2.13. The number of nitrogens with zero attached hydrogens (tertiary/aromatic N) is 2. The highest BCUT2D eigenvalue weighted by Crippen LogP contribution is 2.27. The molecule has 5 nitrogen and oxygen atoms in total. The second-order valence-electron chi connectivity index (χ2n) is 4.32. The number of benzene rings is 2. The zero-order chi connectivity index (χ0) is 14.8. The maximum Gasteiger partial charge on any atom is 0.258 e. The molecule has 0 atom stereocenters. The lowest BCUT2D eigenvalue weighted by Gasteiger charge is -2.02. The fraction of sp³-hybridized carbons (Fsp3) is 0.0667. The number of halogens is 1. The largest absolute Gasteiger partial charge is 0.508 e. The van der Waals surface area contributed by atoms with E-state index in [1.807, 2.05) is 0 Å². The molecule has 0 saturated carbocycles. The summed E-state index contributed by atoms with van der Waals surface area (Å²) in [6, 6.07) is 10.8. The van der Waals surface area contributed by atoms with Gasteiger partial charge in [0.05, 0.1) is 7.11 Å².